The molecule has 3 heterocycles. The number of halogens is 3. The Hall–Kier alpha value is -3.48. The predicted molar refractivity (Wildman–Crippen MR) is 156 cm³/mol. The van der Waals surface area contributed by atoms with Crippen molar-refractivity contribution in [2.75, 3.05) is 13.1 Å². The van der Waals surface area contributed by atoms with Crippen molar-refractivity contribution in [3.05, 3.63) is 83.8 Å². The van der Waals surface area contributed by atoms with E-state index in [1.807, 2.05) is 65.4 Å². The summed E-state index contributed by atoms with van der Waals surface area (Å²) >= 11 is 5.15. The normalized spacial score (nSPS) is 15.4. The Bertz CT molecular complexity index is 1690. The number of piperidine rings is 1. The van der Waals surface area contributed by atoms with E-state index in [0.717, 1.165) is 33.3 Å². The molecule has 216 valence electrons. The number of hydrogen-bond donors (Lipinski definition) is 2. The molecule has 0 unspecified atom stereocenters. The lowest BCUT2D eigenvalue weighted by Crippen LogP contribution is -2.45. The van der Waals surface area contributed by atoms with Gasteiger partial charge in [0.25, 0.3) is 0 Å². The smallest absolute Gasteiger partial charge is 0.389 e. The first-order valence-corrected chi connectivity index (χ1v) is 15.0. The molecule has 0 saturated carbocycles. The standard InChI is InChI=1S/C29H29F3N4O3S2/c30-29(31,32)41(38,39)35-13-10-23(11-14-35)36-18-26(20-3-1-4-21(16-20)28(33)40)25-9-7-19(15-27(25)36)6-8-24(37)17-22-5-2-12-34-22/h1-5,7,9,12,15-16,18,23,34H,6,8,10-11,13-14,17H2,(H2,33,40). The molecule has 2 aromatic heterocycles. The van der Waals surface area contributed by atoms with Crippen LogP contribution in [0.15, 0.2) is 67.0 Å². The van der Waals surface area contributed by atoms with Crippen LogP contribution in [0, 0.1) is 0 Å². The second-order valence-electron chi connectivity index (χ2n) is 10.2. The van der Waals surface area contributed by atoms with Gasteiger partial charge >= 0.3 is 15.5 Å². The zero-order valence-corrected chi connectivity index (χ0v) is 23.7. The largest absolute Gasteiger partial charge is 0.511 e. The summed E-state index contributed by atoms with van der Waals surface area (Å²) < 4.78 is 65.8. The van der Waals surface area contributed by atoms with E-state index in [0.29, 0.717) is 29.1 Å². The molecule has 12 heteroatoms. The number of nitrogens with one attached hydrogen (secondary N) is 1. The van der Waals surface area contributed by atoms with Crippen LogP contribution in [-0.2, 0) is 27.7 Å². The molecule has 0 aliphatic carbocycles. The van der Waals surface area contributed by atoms with Crippen LogP contribution in [0.3, 0.4) is 0 Å². The quantitative estimate of drug-likeness (QED) is 0.247. The molecule has 41 heavy (non-hydrogen) atoms. The number of Topliss-reactive ketones (excluding diaryl/α,β-unsaturated/α-hetero) is 1. The van der Waals surface area contributed by atoms with E-state index in [-0.39, 0.29) is 42.7 Å². The van der Waals surface area contributed by atoms with Crippen molar-refractivity contribution >= 4 is 43.9 Å². The van der Waals surface area contributed by atoms with Gasteiger partial charge in [-0.3, -0.25) is 4.79 Å². The number of rotatable bonds is 9. The number of aromatic nitrogens is 2. The molecule has 4 aromatic rings. The van der Waals surface area contributed by atoms with Gasteiger partial charge < -0.3 is 15.3 Å². The van der Waals surface area contributed by atoms with Crippen molar-refractivity contribution in [2.24, 2.45) is 5.73 Å². The van der Waals surface area contributed by atoms with Crippen LogP contribution in [0.5, 0.6) is 0 Å². The van der Waals surface area contributed by atoms with Crippen molar-refractivity contribution in [2.45, 2.75) is 43.7 Å². The van der Waals surface area contributed by atoms with Gasteiger partial charge in [0.1, 0.15) is 10.8 Å². The summed E-state index contributed by atoms with van der Waals surface area (Å²) in [7, 11) is -5.37. The van der Waals surface area contributed by atoms with Gasteiger partial charge in [-0.15, -0.1) is 0 Å². The van der Waals surface area contributed by atoms with Gasteiger partial charge in [-0.05, 0) is 54.7 Å². The minimum Gasteiger partial charge on any atom is -0.389 e. The lowest BCUT2D eigenvalue weighted by atomic mass is 10.00. The third kappa shape index (κ3) is 6.09. The fourth-order valence-electron chi connectivity index (χ4n) is 5.39. The molecule has 0 bridgehead atoms. The predicted octanol–water partition coefficient (Wildman–Crippen LogP) is 5.50. The van der Waals surface area contributed by atoms with Crippen molar-refractivity contribution in [3.63, 3.8) is 0 Å². The summed E-state index contributed by atoms with van der Waals surface area (Å²) in [5, 5.41) is 0.928. The van der Waals surface area contributed by atoms with E-state index in [9.17, 15) is 26.4 Å². The van der Waals surface area contributed by atoms with Gasteiger partial charge in [0.05, 0.1) is 0 Å². The van der Waals surface area contributed by atoms with Crippen molar-refractivity contribution in [1.29, 1.82) is 0 Å². The van der Waals surface area contributed by atoms with Gasteiger partial charge in [0.2, 0.25) is 0 Å². The zero-order valence-electron chi connectivity index (χ0n) is 22.0. The fraction of sp³-hybridized carbons (Fsp3) is 0.310. The first-order valence-electron chi connectivity index (χ1n) is 13.2. The van der Waals surface area contributed by atoms with Gasteiger partial charge in [0.15, 0.2) is 0 Å². The average Bonchev–Trinajstić information content (AvgIpc) is 3.59. The highest BCUT2D eigenvalue weighted by atomic mass is 32.2. The SMILES string of the molecule is NC(=S)c1cccc(-c2cn(C3CCN(S(=O)(=O)C(F)(F)F)CC3)c3cc(CCC(=O)Cc4ccc[nH]4)ccc23)c1. The van der Waals surface area contributed by atoms with Gasteiger partial charge in [-0.1, -0.05) is 42.5 Å². The minimum atomic E-state index is -5.37. The Balaban J connectivity index is 1.46. The summed E-state index contributed by atoms with van der Waals surface area (Å²) in [5.41, 5.74) is 5.71. The number of alkyl halides is 3. The van der Waals surface area contributed by atoms with E-state index in [2.05, 4.69) is 4.98 Å². The van der Waals surface area contributed by atoms with Crippen molar-refractivity contribution in [1.82, 2.24) is 13.9 Å². The Kier molecular flexibility index (Phi) is 8.09. The molecule has 1 fully saturated rings. The van der Waals surface area contributed by atoms with Crippen LogP contribution in [0.25, 0.3) is 22.0 Å². The average molecular weight is 603 g/mol. The van der Waals surface area contributed by atoms with E-state index in [1.54, 1.807) is 6.20 Å². The number of aryl methyl sites for hydroxylation is 1. The molecular weight excluding hydrogens is 573 g/mol. The lowest BCUT2D eigenvalue weighted by molar-refractivity contribution is -0.118. The molecule has 1 aliphatic heterocycles. The summed E-state index contributed by atoms with van der Waals surface area (Å²) in [6.07, 6.45) is 5.42. The number of aromatic amines is 1. The molecule has 5 rings (SSSR count). The number of thiocarbonyl (C=S) groups is 1. The number of H-pyrrole nitrogens is 1. The Labute approximate surface area is 241 Å². The van der Waals surface area contributed by atoms with Crippen LogP contribution < -0.4 is 5.73 Å². The monoisotopic (exact) mass is 602 g/mol. The van der Waals surface area contributed by atoms with Crippen molar-refractivity contribution in [3.8, 4) is 11.1 Å². The molecule has 0 amide bonds. The first kappa shape index (κ1) is 29.0. The molecule has 3 N–H and O–H groups in total. The fourth-order valence-corrected chi connectivity index (χ4v) is 6.50. The highest BCUT2D eigenvalue weighted by Gasteiger charge is 2.50. The molecule has 0 spiro atoms. The third-order valence-corrected chi connectivity index (χ3v) is 9.41. The summed E-state index contributed by atoms with van der Waals surface area (Å²) in [5.74, 6) is 0.108. The van der Waals surface area contributed by atoms with Crippen LogP contribution >= 0.6 is 12.2 Å². The van der Waals surface area contributed by atoms with Gasteiger partial charge in [-0.25, -0.2) is 8.42 Å². The number of fused-ring (bicyclic) bond motifs is 1. The topological polar surface area (TPSA) is 101 Å². The van der Waals surface area contributed by atoms with Crippen LogP contribution in [0.4, 0.5) is 13.2 Å². The summed E-state index contributed by atoms with van der Waals surface area (Å²) in [6, 6.07) is 17.0. The zero-order chi connectivity index (χ0) is 29.4. The van der Waals surface area contributed by atoms with Crippen LogP contribution in [-0.4, -0.2) is 51.6 Å². The maximum Gasteiger partial charge on any atom is 0.511 e. The number of carbonyl (C=O) groups excluding carboxylic acids is 1. The molecule has 1 aliphatic rings. The number of nitrogens with two attached hydrogens (primary N) is 1. The lowest BCUT2D eigenvalue weighted by Gasteiger charge is -2.32. The Morgan fingerprint density at radius 2 is 1.83 bits per heavy atom. The summed E-state index contributed by atoms with van der Waals surface area (Å²) in [4.78, 5) is 15.8. The van der Waals surface area contributed by atoms with Crippen molar-refractivity contribution < 1.29 is 26.4 Å². The van der Waals surface area contributed by atoms with Gasteiger partial charge in [-0.2, -0.15) is 17.5 Å². The minimum absolute atomic E-state index is 0.108. The second-order valence-corrected chi connectivity index (χ2v) is 12.6. The van der Waals surface area contributed by atoms with E-state index < -0.39 is 15.5 Å². The number of benzene rings is 2. The van der Waals surface area contributed by atoms with Gasteiger partial charge in [0, 0.05) is 72.1 Å². The van der Waals surface area contributed by atoms with Crippen LogP contribution in [0.2, 0.25) is 0 Å². The number of sulfonamides is 1. The highest BCUT2D eigenvalue weighted by Crippen LogP contribution is 2.38. The first-order chi connectivity index (χ1) is 19.4. The molecular formula is C29H29F3N4O3S2. The molecule has 2 aromatic carbocycles. The third-order valence-electron chi connectivity index (χ3n) is 7.55. The molecule has 7 nitrogen and oxygen atoms in total. The second kappa shape index (κ2) is 11.4. The molecule has 1 saturated heterocycles. The van der Waals surface area contributed by atoms with E-state index >= 15 is 0 Å². The maximum atomic E-state index is 13.1. The van der Waals surface area contributed by atoms with E-state index in [4.69, 9.17) is 18.0 Å². The molecule has 0 radical (unpaired) electrons. The number of ketones is 1. The Morgan fingerprint density at radius 1 is 1.07 bits per heavy atom. The summed E-state index contributed by atoms with van der Waals surface area (Å²) in [6.45, 7) is -0.462. The maximum absolute atomic E-state index is 13.1. The molecule has 0 atom stereocenters. The Morgan fingerprint density at radius 3 is 2.49 bits per heavy atom. The number of hydrogen-bond acceptors (Lipinski definition) is 4. The van der Waals surface area contributed by atoms with Crippen LogP contribution in [0.1, 0.15) is 42.1 Å². The number of nitrogens with zero attached hydrogens (tertiary/aromatic N) is 2. The number of carbonyl (C=O) groups is 1. The van der Waals surface area contributed by atoms with E-state index in [1.165, 1.54) is 0 Å². The highest BCUT2D eigenvalue weighted by molar-refractivity contribution is 7.90.